The molecule has 1 nitrogen and oxygen atoms in total. The van der Waals surface area contributed by atoms with Gasteiger partial charge < -0.3 is 4.74 Å². The molecule has 9 heteroatoms. The van der Waals surface area contributed by atoms with Crippen molar-refractivity contribution in [1.29, 1.82) is 0 Å². The van der Waals surface area contributed by atoms with Crippen molar-refractivity contribution in [3.8, 4) is 11.1 Å². The lowest BCUT2D eigenvalue weighted by molar-refractivity contribution is -0.402. The van der Waals surface area contributed by atoms with Crippen molar-refractivity contribution in [2.75, 3.05) is 6.67 Å². The summed E-state index contributed by atoms with van der Waals surface area (Å²) in [5, 5.41) is 0. The minimum atomic E-state index is -6.01. The monoisotopic (exact) mass is 414 g/mol. The van der Waals surface area contributed by atoms with Crippen LogP contribution in [0.25, 0.3) is 11.1 Å². The molecule has 0 aromatic heterocycles. The van der Waals surface area contributed by atoms with E-state index in [4.69, 9.17) is 11.6 Å². The normalized spacial score (nSPS) is 13.0. The molecule has 0 bridgehead atoms. The molecule has 0 radical (unpaired) electrons. The molecule has 2 rings (SSSR count). The molecule has 0 fully saturated rings. The van der Waals surface area contributed by atoms with Gasteiger partial charge in [-0.15, -0.1) is 11.6 Å². The lowest BCUT2D eigenvalue weighted by Crippen LogP contribution is -2.56. The van der Waals surface area contributed by atoms with E-state index in [1.807, 2.05) is 0 Å². The van der Waals surface area contributed by atoms with E-state index < -0.39 is 31.2 Å². The molecule has 0 N–H and O–H groups in total. The number of rotatable bonds is 8. The lowest BCUT2D eigenvalue weighted by atomic mass is 9.99. The molecule has 0 unspecified atom stereocenters. The van der Waals surface area contributed by atoms with Crippen molar-refractivity contribution in [3.63, 3.8) is 0 Å². The predicted octanol–water partition coefficient (Wildman–Crippen LogP) is 6.44. The SMILES string of the molecule is FCC(F)(F)C(F)(F)C(F)(F)OCc1ccccc1-c1ccc(CCl)cc1. The number of hydrogen-bond donors (Lipinski definition) is 0. The third-order valence-corrected chi connectivity index (χ3v) is 4.15. The molecule has 0 saturated carbocycles. The Balaban J connectivity index is 2.26. The summed E-state index contributed by atoms with van der Waals surface area (Å²) in [7, 11) is 0. The molecule has 2 aromatic rings. The summed E-state index contributed by atoms with van der Waals surface area (Å²) in [5.41, 5.74) is 1.81. The molecule has 0 heterocycles. The maximum absolute atomic E-state index is 13.6. The van der Waals surface area contributed by atoms with Crippen molar-refractivity contribution < 1.29 is 35.5 Å². The van der Waals surface area contributed by atoms with Crippen LogP contribution in [-0.4, -0.2) is 24.6 Å². The fraction of sp³-hybridized carbons (Fsp3) is 0.333. The first-order chi connectivity index (χ1) is 12.6. The van der Waals surface area contributed by atoms with Crippen molar-refractivity contribution in [3.05, 3.63) is 59.7 Å². The molecule has 0 aliphatic carbocycles. The standard InChI is InChI=1S/C18H14ClF7O/c19-9-12-5-7-13(8-6-12)15-4-2-1-3-14(15)10-27-18(25,26)17(23,24)16(21,22)11-20/h1-8H,9-11H2. The van der Waals surface area contributed by atoms with E-state index in [2.05, 4.69) is 4.74 Å². The predicted molar refractivity (Wildman–Crippen MR) is 87.0 cm³/mol. The topological polar surface area (TPSA) is 9.23 Å². The zero-order valence-corrected chi connectivity index (χ0v) is 14.4. The first-order valence-corrected chi connectivity index (χ1v) is 8.16. The molecule has 0 aliphatic heterocycles. The summed E-state index contributed by atoms with van der Waals surface area (Å²) >= 11 is 5.69. The quantitative estimate of drug-likeness (QED) is 0.356. The molecule has 0 aliphatic rings. The van der Waals surface area contributed by atoms with Crippen LogP contribution in [0.1, 0.15) is 11.1 Å². The van der Waals surface area contributed by atoms with Gasteiger partial charge in [0.05, 0.1) is 6.61 Å². The summed E-state index contributed by atoms with van der Waals surface area (Å²) in [6.45, 7) is -4.03. The van der Waals surface area contributed by atoms with Gasteiger partial charge in [0.1, 0.15) is 0 Å². The number of benzene rings is 2. The molecule has 0 saturated heterocycles. The first-order valence-electron chi connectivity index (χ1n) is 7.62. The summed E-state index contributed by atoms with van der Waals surface area (Å²) in [6, 6.07) is 12.5. The Hall–Kier alpha value is -1.80. The van der Waals surface area contributed by atoms with Gasteiger partial charge in [-0.25, -0.2) is 4.39 Å². The lowest BCUT2D eigenvalue weighted by Gasteiger charge is -2.30. The Labute approximate surface area is 155 Å². The van der Waals surface area contributed by atoms with Crippen molar-refractivity contribution >= 4 is 11.6 Å². The van der Waals surface area contributed by atoms with Gasteiger partial charge >= 0.3 is 18.0 Å². The smallest absolute Gasteiger partial charge is 0.311 e. The van der Waals surface area contributed by atoms with Crippen LogP contribution < -0.4 is 0 Å². The molecule has 2 aromatic carbocycles. The first kappa shape index (κ1) is 21.5. The Kier molecular flexibility index (Phi) is 6.42. The van der Waals surface area contributed by atoms with Crippen LogP contribution >= 0.6 is 11.6 Å². The van der Waals surface area contributed by atoms with Gasteiger partial charge in [0.25, 0.3) is 0 Å². The average Bonchev–Trinajstić information content (AvgIpc) is 2.66. The van der Waals surface area contributed by atoms with E-state index in [1.54, 1.807) is 30.3 Å². The van der Waals surface area contributed by atoms with E-state index in [9.17, 15) is 30.7 Å². The van der Waals surface area contributed by atoms with Crippen molar-refractivity contribution in [1.82, 2.24) is 0 Å². The van der Waals surface area contributed by atoms with Crippen LogP contribution in [-0.2, 0) is 17.2 Å². The molecule has 148 valence electrons. The van der Waals surface area contributed by atoms with Gasteiger partial charge in [0, 0.05) is 5.88 Å². The van der Waals surface area contributed by atoms with Gasteiger partial charge in [0.15, 0.2) is 6.67 Å². The Morgan fingerprint density at radius 3 is 2.00 bits per heavy atom. The highest BCUT2D eigenvalue weighted by Gasteiger charge is 2.73. The number of ether oxygens (including phenoxy) is 1. The molecule has 27 heavy (non-hydrogen) atoms. The van der Waals surface area contributed by atoms with Crippen LogP contribution in [0.3, 0.4) is 0 Å². The van der Waals surface area contributed by atoms with Gasteiger partial charge in [-0.1, -0.05) is 48.5 Å². The molecule has 0 amide bonds. The van der Waals surface area contributed by atoms with E-state index in [-0.39, 0.29) is 11.4 Å². The fourth-order valence-corrected chi connectivity index (χ4v) is 2.44. The van der Waals surface area contributed by atoms with E-state index in [1.165, 1.54) is 18.2 Å². The molecule has 0 atom stereocenters. The Bertz CT molecular complexity index is 763. The largest absolute Gasteiger partial charge is 0.426 e. The van der Waals surface area contributed by atoms with Crippen LogP contribution in [0.5, 0.6) is 0 Å². The third kappa shape index (κ3) is 4.38. The minimum absolute atomic E-state index is 0.0650. The van der Waals surface area contributed by atoms with Gasteiger partial charge in [0.2, 0.25) is 0 Å². The van der Waals surface area contributed by atoms with E-state index >= 15 is 0 Å². The van der Waals surface area contributed by atoms with Crippen LogP contribution in [0, 0.1) is 0 Å². The summed E-state index contributed by atoms with van der Waals surface area (Å²) in [5.74, 6) is -11.3. The highest BCUT2D eigenvalue weighted by Crippen LogP contribution is 2.47. The second kappa shape index (κ2) is 8.06. The van der Waals surface area contributed by atoms with Crippen molar-refractivity contribution in [2.24, 2.45) is 0 Å². The van der Waals surface area contributed by atoms with Crippen molar-refractivity contribution in [2.45, 2.75) is 30.4 Å². The van der Waals surface area contributed by atoms with Crippen LogP contribution in [0.2, 0.25) is 0 Å². The van der Waals surface area contributed by atoms with Crippen LogP contribution in [0.4, 0.5) is 30.7 Å². The maximum atomic E-state index is 13.6. The zero-order valence-electron chi connectivity index (χ0n) is 13.7. The highest BCUT2D eigenvalue weighted by atomic mass is 35.5. The van der Waals surface area contributed by atoms with Gasteiger partial charge in [-0.2, -0.15) is 26.3 Å². The van der Waals surface area contributed by atoms with Gasteiger partial charge in [-0.3, -0.25) is 0 Å². The van der Waals surface area contributed by atoms with Gasteiger partial charge in [-0.05, 0) is 22.3 Å². The average molecular weight is 415 g/mol. The molecule has 0 spiro atoms. The van der Waals surface area contributed by atoms with E-state index in [0.717, 1.165) is 5.56 Å². The molecular formula is C18H14ClF7O. The Morgan fingerprint density at radius 1 is 0.852 bits per heavy atom. The summed E-state index contributed by atoms with van der Waals surface area (Å²) < 4.78 is 95.4. The molecular weight excluding hydrogens is 401 g/mol. The maximum Gasteiger partial charge on any atom is 0.426 e. The highest BCUT2D eigenvalue weighted by molar-refractivity contribution is 6.17. The number of alkyl halides is 8. The number of halogens is 8. The third-order valence-electron chi connectivity index (χ3n) is 3.84. The summed E-state index contributed by atoms with van der Waals surface area (Å²) in [6.07, 6.45) is -5.57. The second-order valence-electron chi connectivity index (χ2n) is 5.71. The van der Waals surface area contributed by atoms with Crippen LogP contribution in [0.15, 0.2) is 48.5 Å². The number of hydrogen-bond acceptors (Lipinski definition) is 1. The second-order valence-corrected chi connectivity index (χ2v) is 5.97. The summed E-state index contributed by atoms with van der Waals surface area (Å²) in [4.78, 5) is 0. The van der Waals surface area contributed by atoms with E-state index in [0.29, 0.717) is 11.1 Å². The Morgan fingerprint density at radius 2 is 1.44 bits per heavy atom. The zero-order chi connectivity index (χ0) is 20.3. The fourth-order valence-electron chi connectivity index (χ4n) is 2.26. The minimum Gasteiger partial charge on any atom is -0.311 e.